The maximum atomic E-state index is 11.7. The predicted octanol–water partition coefficient (Wildman–Crippen LogP) is 5.08. The number of carbonyl (C=O) groups is 1. The molecule has 0 heterocycles. The largest absolute Gasteiger partial charge is 0.466 e. The van der Waals surface area contributed by atoms with Gasteiger partial charge in [-0.3, -0.25) is 9.69 Å². The normalized spacial score (nSPS) is 14.1. The van der Waals surface area contributed by atoms with E-state index in [4.69, 9.17) is 9.84 Å². The van der Waals surface area contributed by atoms with E-state index in [2.05, 4.69) is 11.8 Å². The van der Waals surface area contributed by atoms with Crippen LogP contribution in [0.15, 0.2) is 0 Å². The van der Waals surface area contributed by atoms with Crippen molar-refractivity contribution in [3.63, 3.8) is 0 Å². The lowest BCUT2D eigenvalue weighted by Crippen LogP contribution is -2.30. The van der Waals surface area contributed by atoms with Crippen molar-refractivity contribution in [3.8, 4) is 0 Å². The Balaban J connectivity index is 1.81. The number of hydrogen-bond donors (Lipinski definition) is 1. The van der Waals surface area contributed by atoms with Crippen LogP contribution in [0.2, 0.25) is 0 Å². The minimum Gasteiger partial charge on any atom is -0.466 e. The van der Waals surface area contributed by atoms with Crippen LogP contribution in [0.4, 0.5) is 0 Å². The topological polar surface area (TPSA) is 49.8 Å². The first-order chi connectivity index (χ1) is 12.8. The van der Waals surface area contributed by atoms with Crippen LogP contribution in [0.1, 0.15) is 103 Å². The molecule has 1 aliphatic rings. The minimum absolute atomic E-state index is 0.0287. The molecule has 0 aromatic heterocycles. The van der Waals surface area contributed by atoms with E-state index in [1.54, 1.807) is 0 Å². The molecule has 0 amide bonds. The number of aliphatic hydroxyl groups is 1. The number of unbranched alkanes of at least 4 members (excludes halogenated alkanes) is 10. The molecule has 0 atom stereocenters. The first-order valence-corrected chi connectivity index (χ1v) is 11.3. The molecule has 1 aliphatic carbocycles. The van der Waals surface area contributed by atoms with Crippen molar-refractivity contribution in [2.45, 2.75) is 109 Å². The van der Waals surface area contributed by atoms with Crippen LogP contribution in [0.3, 0.4) is 0 Å². The van der Waals surface area contributed by atoms with Crippen molar-refractivity contribution in [3.05, 3.63) is 0 Å². The fourth-order valence-corrected chi connectivity index (χ4v) is 3.48. The lowest BCUT2D eigenvalue weighted by atomic mass is 10.1. The summed E-state index contributed by atoms with van der Waals surface area (Å²) in [7, 11) is 0. The van der Waals surface area contributed by atoms with Gasteiger partial charge in [0.2, 0.25) is 0 Å². The summed E-state index contributed by atoms with van der Waals surface area (Å²) < 4.78 is 5.33. The van der Waals surface area contributed by atoms with Crippen LogP contribution in [-0.4, -0.2) is 48.3 Å². The Hall–Kier alpha value is -0.610. The fourth-order valence-electron chi connectivity index (χ4n) is 3.48. The second-order valence-corrected chi connectivity index (χ2v) is 7.85. The summed E-state index contributed by atoms with van der Waals surface area (Å²) in [6.45, 7) is 4.95. The lowest BCUT2D eigenvalue weighted by Gasteiger charge is -2.20. The smallest absolute Gasteiger partial charge is 0.305 e. The van der Waals surface area contributed by atoms with Crippen molar-refractivity contribution in [1.29, 1.82) is 0 Å². The van der Waals surface area contributed by atoms with Crippen LogP contribution in [0, 0.1) is 0 Å². The second-order valence-electron chi connectivity index (χ2n) is 7.85. The SMILES string of the molecule is CCCCCCCCCCCOC(=O)CCCCCN(CCO)C1CC1. The fraction of sp³-hybridized carbons (Fsp3) is 0.955. The number of carbonyl (C=O) groups excluding carboxylic acids is 1. The van der Waals surface area contributed by atoms with Gasteiger partial charge in [-0.2, -0.15) is 0 Å². The van der Waals surface area contributed by atoms with Gasteiger partial charge >= 0.3 is 5.97 Å². The zero-order valence-electron chi connectivity index (χ0n) is 17.2. The number of ether oxygens (including phenoxy) is 1. The van der Waals surface area contributed by atoms with Gasteiger partial charge < -0.3 is 9.84 Å². The Morgan fingerprint density at radius 1 is 0.885 bits per heavy atom. The van der Waals surface area contributed by atoms with Gasteiger partial charge in [0.15, 0.2) is 0 Å². The summed E-state index contributed by atoms with van der Waals surface area (Å²) in [4.78, 5) is 14.1. The van der Waals surface area contributed by atoms with Crippen molar-refractivity contribution < 1.29 is 14.6 Å². The third-order valence-electron chi connectivity index (χ3n) is 5.29. The van der Waals surface area contributed by atoms with Crippen molar-refractivity contribution in [1.82, 2.24) is 4.90 Å². The third-order valence-corrected chi connectivity index (χ3v) is 5.29. The highest BCUT2D eigenvalue weighted by atomic mass is 16.5. The van der Waals surface area contributed by atoms with E-state index in [1.807, 2.05) is 0 Å². The van der Waals surface area contributed by atoms with E-state index >= 15 is 0 Å². The molecule has 0 unspecified atom stereocenters. The molecule has 1 rings (SSSR count). The summed E-state index contributed by atoms with van der Waals surface area (Å²) in [5, 5.41) is 9.08. The predicted molar refractivity (Wildman–Crippen MR) is 108 cm³/mol. The number of rotatable bonds is 19. The van der Waals surface area contributed by atoms with E-state index in [0.29, 0.717) is 19.1 Å². The summed E-state index contributed by atoms with van der Waals surface area (Å²) in [5.41, 5.74) is 0. The monoisotopic (exact) mass is 369 g/mol. The Labute approximate surface area is 161 Å². The Morgan fingerprint density at radius 2 is 1.50 bits per heavy atom. The summed E-state index contributed by atoms with van der Waals surface area (Å²) in [5.74, 6) is -0.0287. The van der Waals surface area contributed by atoms with Crippen molar-refractivity contribution in [2.75, 3.05) is 26.3 Å². The number of nitrogens with zero attached hydrogens (tertiary/aromatic N) is 1. The van der Waals surface area contributed by atoms with Gasteiger partial charge in [-0.15, -0.1) is 0 Å². The average molecular weight is 370 g/mol. The first kappa shape index (κ1) is 23.4. The van der Waals surface area contributed by atoms with Gasteiger partial charge in [-0.05, 0) is 38.6 Å². The van der Waals surface area contributed by atoms with E-state index in [0.717, 1.165) is 38.8 Å². The number of esters is 1. The average Bonchev–Trinajstić information content (AvgIpc) is 3.47. The van der Waals surface area contributed by atoms with Crippen LogP contribution in [0.25, 0.3) is 0 Å². The molecule has 0 aromatic rings. The lowest BCUT2D eigenvalue weighted by molar-refractivity contribution is -0.143. The molecular formula is C22H43NO3. The zero-order chi connectivity index (χ0) is 18.9. The van der Waals surface area contributed by atoms with Crippen molar-refractivity contribution >= 4 is 5.97 Å². The summed E-state index contributed by atoms with van der Waals surface area (Å²) in [6.07, 6.45) is 17.8. The van der Waals surface area contributed by atoms with Crippen LogP contribution >= 0.6 is 0 Å². The molecule has 0 aromatic carbocycles. The molecule has 0 saturated heterocycles. The molecule has 4 nitrogen and oxygen atoms in total. The Morgan fingerprint density at radius 3 is 2.12 bits per heavy atom. The van der Waals surface area contributed by atoms with Gasteiger partial charge in [0.25, 0.3) is 0 Å². The van der Waals surface area contributed by atoms with E-state index in [9.17, 15) is 4.79 Å². The molecule has 0 bridgehead atoms. The summed E-state index contributed by atoms with van der Waals surface area (Å²) in [6, 6.07) is 0.712. The van der Waals surface area contributed by atoms with Gasteiger partial charge in [0, 0.05) is 19.0 Å². The van der Waals surface area contributed by atoms with Crippen LogP contribution < -0.4 is 0 Å². The van der Waals surface area contributed by atoms with Gasteiger partial charge in [0.1, 0.15) is 0 Å². The highest BCUT2D eigenvalue weighted by Crippen LogP contribution is 2.26. The van der Waals surface area contributed by atoms with E-state index in [1.165, 1.54) is 64.2 Å². The van der Waals surface area contributed by atoms with Crippen LogP contribution in [-0.2, 0) is 9.53 Å². The molecular weight excluding hydrogens is 326 g/mol. The van der Waals surface area contributed by atoms with Crippen molar-refractivity contribution in [2.24, 2.45) is 0 Å². The molecule has 0 spiro atoms. The van der Waals surface area contributed by atoms with Gasteiger partial charge in [-0.25, -0.2) is 0 Å². The minimum atomic E-state index is -0.0287. The quantitative estimate of drug-likeness (QED) is 0.255. The molecule has 0 aliphatic heterocycles. The Kier molecular flexibility index (Phi) is 14.9. The van der Waals surface area contributed by atoms with Gasteiger partial charge in [0.05, 0.1) is 13.2 Å². The maximum absolute atomic E-state index is 11.7. The molecule has 1 N–H and O–H groups in total. The summed E-state index contributed by atoms with van der Waals surface area (Å²) >= 11 is 0. The molecule has 154 valence electrons. The molecule has 4 heteroatoms. The highest BCUT2D eigenvalue weighted by Gasteiger charge is 2.27. The first-order valence-electron chi connectivity index (χ1n) is 11.3. The van der Waals surface area contributed by atoms with E-state index < -0.39 is 0 Å². The number of hydrogen-bond acceptors (Lipinski definition) is 4. The molecule has 1 saturated carbocycles. The zero-order valence-corrected chi connectivity index (χ0v) is 17.2. The van der Waals surface area contributed by atoms with Gasteiger partial charge in [-0.1, -0.05) is 64.7 Å². The standard InChI is InChI=1S/C22H43NO3/c1-2-3-4-5-6-7-8-9-13-20-26-22(25)14-11-10-12-17-23(18-19-24)21-15-16-21/h21,24H,2-20H2,1H3. The third kappa shape index (κ3) is 13.6. The Bertz CT molecular complexity index is 331. The molecule has 0 radical (unpaired) electrons. The molecule has 26 heavy (non-hydrogen) atoms. The highest BCUT2D eigenvalue weighted by molar-refractivity contribution is 5.69. The van der Waals surface area contributed by atoms with Crippen LogP contribution in [0.5, 0.6) is 0 Å². The van der Waals surface area contributed by atoms with E-state index in [-0.39, 0.29) is 12.6 Å². The number of aliphatic hydroxyl groups excluding tert-OH is 1. The maximum Gasteiger partial charge on any atom is 0.305 e. The molecule has 1 fully saturated rings. The second kappa shape index (κ2) is 16.6.